The minimum Gasteiger partial charge on any atom is -0.452 e. The van der Waals surface area contributed by atoms with Gasteiger partial charge < -0.3 is 10.1 Å². The summed E-state index contributed by atoms with van der Waals surface area (Å²) in [5.74, 6) is -1.59. The topological polar surface area (TPSA) is 127 Å². The van der Waals surface area contributed by atoms with Gasteiger partial charge in [0.1, 0.15) is 0 Å². The van der Waals surface area contributed by atoms with Crippen molar-refractivity contribution in [3.8, 4) is 0 Å². The molecule has 0 radical (unpaired) electrons. The van der Waals surface area contributed by atoms with Crippen molar-refractivity contribution < 1.29 is 31.2 Å². The van der Waals surface area contributed by atoms with Gasteiger partial charge in [-0.15, -0.1) is 0 Å². The highest BCUT2D eigenvalue weighted by molar-refractivity contribution is 7.91. The number of amides is 1. The fraction of sp³-hybridized carbons (Fsp3) is 0.579. The average Bonchev–Trinajstić information content (AvgIpc) is 2.99. The van der Waals surface area contributed by atoms with Crippen molar-refractivity contribution in [1.29, 1.82) is 0 Å². The Bertz CT molecular complexity index is 1030. The van der Waals surface area contributed by atoms with Gasteiger partial charge in [0.05, 0.1) is 27.5 Å². The zero-order valence-electron chi connectivity index (χ0n) is 16.8. The first-order valence-electron chi connectivity index (χ1n) is 9.80. The monoisotopic (exact) mass is 458 g/mol. The normalized spacial score (nSPS) is 24.3. The van der Waals surface area contributed by atoms with Crippen LogP contribution in [0.1, 0.15) is 43.0 Å². The van der Waals surface area contributed by atoms with Crippen LogP contribution in [-0.2, 0) is 29.4 Å². The van der Waals surface area contributed by atoms with E-state index in [9.17, 15) is 26.4 Å². The van der Waals surface area contributed by atoms with E-state index >= 15 is 0 Å². The number of carbonyl (C=O) groups excluding carboxylic acids is 2. The van der Waals surface area contributed by atoms with Gasteiger partial charge >= 0.3 is 5.97 Å². The standard InChI is InChI=1S/C19H26N2O7S2/c1-19(8-11-29(24,25)14-19)20-17(22)13-28-18(23)15-6-5-7-16(12-15)30(26,27)21-9-3-2-4-10-21/h5-7,12H,2-4,8-11,13-14H2,1H3,(H,20,22). The number of nitrogens with one attached hydrogen (secondary N) is 1. The number of ether oxygens (including phenoxy) is 1. The molecule has 0 saturated carbocycles. The second-order valence-electron chi connectivity index (χ2n) is 8.02. The highest BCUT2D eigenvalue weighted by Crippen LogP contribution is 2.23. The Morgan fingerprint density at radius 3 is 2.53 bits per heavy atom. The number of sulfonamides is 1. The van der Waals surface area contributed by atoms with Crippen LogP contribution in [0.5, 0.6) is 0 Å². The zero-order chi connectivity index (χ0) is 22.0. The molecule has 2 aliphatic heterocycles. The highest BCUT2D eigenvalue weighted by atomic mass is 32.2. The van der Waals surface area contributed by atoms with E-state index in [1.807, 2.05) is 0 Å². The Morgan fingerprint density at radius 1 is 1.20 bits per heavy atom. The summed E-state index contributed by atoms with van der Waals surface area (Å²) in [4.78, 5) is 24.4. The molecule has 0 aliphatic carbocycles. The average molecular weight is 459 g/mol. The van der Waals surface area contributed by atoms with Gasteiger partial charge in [0.2, 0.25) is 10.0 Å². The number of carbonyl (C=O) groups is 2. The number of benzene rings is 1. The number of esters is 1. The quantitative estimate of drug-likeness (QED) is 0.622. The Balaban J connectivity index is 1.61. The van der Waals surface area contributed by atoms with E-state index in [1.165, 1.54) is 28.6 Å². The van der Waals surface area contributed by atoms with Crippen LogP contribution in [0, 0.1) is 0 Å². The molecule has 30 heavy (non-hydrogen) atoms. The van der Waals surface area contributed by atoms with E-state index in [1.54, 1.807) is 6.92 Å². The molecule has 3 rings (SSSR count). The molecular weight excluding hydrogens is 432 g/mol. The molecule has 1 aromatic carbocycles. The molecule has 11 heteroatoms. The van der Waals surface area contributed by atoms with Crippen molar-refractivity contribution in [2.24, 2.45) is 0 Å². The molecular formula is C19H26N2O7S2. The number of sulfone groups is 1. The third-order valence-electron chi connectivity index (χ3n) is 5.30. The Labute approximate surface area is 176 Å². The lowest BCUT2D eigenvalue weighted by molar-refractivity contribution is -0.125. The van der Waals surface area contributed by atoms with Crippen LogP contribution < -0.4 is 5.32 Å². The van der Waals surface area contributed by atoms with Crippen molar-refractivity contribution in [3.63, 3.8) is 0 Å². The highest BCUT2D eigenvalue weighted by Gasteiger charge is 2.39. The van der Waals surface area contributed by atoms with Crippen LogP contribution in [0.4, 0.5) is 0 Å². The van der Waals surface area contributed by atoms with E-state index in [-0.39, 0.29) is 22.0 Å². The van der Waals surface area contributed by atoms with Crippen molar-refractivity contribution in [2.45, 2.75) is 43.0 Å². The fourth-order valence-electron chi connectivity index (χ4n) is 3.73. The molecule has 2 saturated heterocycles. The lowest BCUT2D eigenvalue weighted by Crippen LogP contribution is -2.48. The molecule has 1 atom stereocenters. The molecule has 1 N–H and O–H groups in total. The summed E-state index contributed by atoms with van der Waals surface area (Å²) in [6.07, 6.45) is 2.89. The fourth-order valence-corrected chi connectivity index (χ4v) is 7.39. The molecule has 9 nitrogen and oxygen atoms in total. The van der Waals surface area contributed by atoms with Crippen LogP contribution in [0.2, 0.25) is 0 Å². The maximum absolute atomic E-state index is 12.8. The third kappa shape index (κ3) is 5.38. The van der Waals surface area contributed by atoms with Gasteiger partial charge in [-0.25, -0.2) is 21.6 Å². The van der Waals surface area contributed by atoms with Gasteiger partial charge in [-0.2, -0.15) is 4.31 Å². The second kappa shape index (κ2) is 8.64. The first-order valence-corrected chi connectivity index (χ1v) is 13.1. The van der Waals surface area contributed by atoms with Crippen LogP contribution in [0.25, 0.3) is 0 Å². The summed E-state index contributed by atoms with van der Waals surface area (Å²) in [5, 5.41) is 2.60. The summed E-state index contributed by atoms with van der Waals surface area (Å²) in [6.45, 7) is 1.95. The largest absolute Gasteiger partial charge is 0.452 e. The van der Waals surface area contributed by atoms with Crippen molar-refractivity contribution >= 4 is 31.7 Å². The number of piperidine rings is 1. The second-order valence-corrected chi connectivity index (χ2v) is 12.1. The van der Waals surface area contributed by atoms with E-state index in [0.29, 0.717) is 19.5 Å². The summed E-state index contributed by atoms with van der Waals surface area (Å²) in [5.41, 5.74) is -0.861. The van der Waals surface area contributed by atoms with Crippen LogP contribution in [0.3, 0.4) is 0 Å². The molecule has 0 aromatic heterocycles. The van der Waals surface area contributed by atoms with Crippen LogP contribution >= 0.6 is 0 Å². The van der Waals surface area contributed by atoms with Gasteiger partial charge in [-0.05, 0) is 44.4 Å². The van der Waals surface area contributed by atoms with Gasteiger partial charge in [0.25, 0.3) is 5.91 Å². The molecule has 1 unspecified atom stereocenters. The number of rotatable bonds is 6. The van der Waals surface area contributed by atoms with Gasteiger partial charge in [-0.3, -0.25) is 4.79 Å². The minimum absolute atomic E-state index is 0.00184. The maximum Gasteiger partial charge on any atom is 0.338 e. The lowest BCUT2D eigenvalue weighted by atomic mass is 10.0. The number of nitrogens with zero attached hydrogens (tertiary/aromatic N) is 1. The van der Waals surface area contributed by atoms with E-state index in [0.717, 1.165) is 19.3 Å². The predicted molar refractivity (Wildman–Crippen MR) is 109 cm³/mol. The molecule has 2 aliphatic rings. The van der Waals surface area contributed by atoms with Crippen molar-refractivity contribution in [3.05, 3.63) is 29.8 Å². The molecule has 2 heterocycles. The van der Waals surface area contributed by atoms with Crippen LogP contribution in [0.15, 0.2) is 29.2 Å². The SMILES string of the molecule is CC1(NC(=O)COC(=O)c2cccc(S(=O)(=O)N3CCCCC3)c2)CCS(=O)(=O)C1. The van der Waals surface area contributed by atoms with Gasteiger partial charge in [0.15, 0.2) is 16.4 Å². The summed E-state index contributed by atoms with van der Waals surface area (Å²) in [7, 11) is -6.88. The van der Waals surface area contributed by atoms with Crippen molar-refractivity contribution in [2.75, 3.05) is 31.2 Å². The minimum atomic E-state index is -3.69. The Hall–Kier alpha value is -1.98. The molecule has 0 spiro atoms. The Morgan fingerprint density at radius 2 is 1.90 bits per heavy atom. The molecule has 1 amide bonds. The first kappa shape index (κ1) is 22.7. The molecule has 1 aromatic rings. The molecule has 2 fully saturated rings. The lowest BCUT2D eigenvalue weighted by Gasteiger charge is -2.26. The summed E-state index contributed by atoms with van der Waals surface area (Å²) in [6, 6.07) is 5.54. The van der Waals surface area contributed by atoms with E-state index in [4.69, 9.17) is 4.74 Å². The first-order chi connectivity index (χ1) is 14.0. The van der Waals surface area contributed by atoms with E-state index < -0.39 is 43.9 Å². The zero-order valence-corrected chi connectivity index (χ0v) is 18.4. The summed E-state index contributed by atoms with van der Waals surface area (Å²) < 4.78 is 55.2. The summed E-state index contributed by atoms with van der Waals surface area (Å²) >= 11 is 0. The maximum atomic E-state index is 12.8. The smallest absolute Gasteiger partial charge is 0.338 e. The third-order valence-corrected chi connectivity index (χ3v) is 9.10. The van der Waals surface area contributed by atoms with E-state index in [2.05, 4.69) is 5.32 Å². The van der Waals surface area contributed by atoms with Gasteiger partial charge in [-0.1, -0.05) is 12.5 Å². The Kier molecular flexibility index (Phi) is 6.54. The number of hydrogen-bond donors (Lipinski definition) is 1. The van der Waals surface area contributed by atoms with Crippen LogP contribution in [-0.4, -0.2) is 69.8 Å². The molecule has 166 valence electrons. The van der Waals surface area contributed by atoms with Crippen molar-refractivity contribution in [1.82, 2.24) is 9.62 Å². The molecule has 0 bridgehead atoms. The van der Waals surface area contributed by atoms with Gasteiger partial charge in [0, 0.05) is 13.1 Å². The number of hydrogen-bond acceptors (Lipinski definition) is 7. The predicted octanol–water partition coefficient (Wildman–Crippen LogP) is 0.711.